The zero-order valence-corrected chi connectivity index (χ0v) is 6.93. The predicted octanol–water partition coefficient (Wildman–Crippen LogP) is 1.77. The molecular weight excluding hydrogens is 122 g/mol. The molecule has 0 radical (unpaired) electrons. The highest BCUT2D eigenvalue weighted by Gasteiger charge is 2.30. The molecule has 1 rings (SSSR count). The summed E-state index contributed by atoms with van der Waals surface area (Å²) in [5.41, 5.74) is 6.24. The summed E-state index contributed by atoms with van der Waals surface area (Å²) in [5.74, 6) is 0. The minimum atomic E-state index is 0.431. The van der Waals surface area contributed by atoms with Gasteiger partial charge in [0.1, 0.15) is 0 Å². The molecule has 1 atom stereocenters. The first-order chi connectivity index (χ1) is 4.63. The van der Waals surface area contributed by atoms with Gasteiger partial charge in [0, 0.05) is 6.04 Å². The summed E-state index contributed by atoms with van der Waals surface area (Å²) >= 11 is 0. The van der Waals surface area contributed by atoms with Crippen LogP contribution >= 0.6 is 0 Å². The molecule has 58 valence electrons. The molecule has 1 heteroatoms. The minimum absolute atomic E-state index is 0.431. The van der Waals surface area contributed by atoms with Crippen LogP contribution in [0.3, 0.4) is 0 Å². The fraction of sp³-hybridized carbons (Fsp3) is 0.778. The summed E-state index contributed by atoms with van der Waals surface area (Å²) in [7, 11) is 0. The van der Waals surface area contributed by atoms with Crippen molar-refractivity contribution in [2.75, 3.05) is 0 Å². The standard InChI is InChI=1S/C7H15N.C2H2/c1-7(2)5-3-4-6(7)8;1-2/h6H,3-5,8H2,1-2H3;1-2H/t6-;/m1./s1. The molecule has 1 aliphatic carbocycles. The van der Waals surface area contributed by atoms with Crippen molar-refractivity contribution >= 4 is 0 Å². The molecule has 1 nitrogen and oxygen atoms in total. The second kappa shape index (κ2) is 3.63. The lowest BCUT2D eigenvalue weighted by Crippen LogP contribution is -2.31. The molecule has 0 heterocycles. The van der Waals surface area contributed by atoms with Crippen molar-refractivity contribution in [3.05, 3.63) is 0 Å². The van der Waals surface area contributed by atoms with Crippen molar-refractivity contribution in [2.45, 2.75) is 39.2 Å². The van der Waals surface area contributed by atoms with Crippen LogP contribution in [0.25, 0.3) is 0 Å². The molecule has 0 aromatic carbocycles. The summed E-state index contributed by atoms with van der Waals surface area (Å²) < 4.78 is 0. The third-order valence-electron chi connectivity index (χ3n) is 2.34. The van der Waals surface area contributed by atoms with Crippen LogP contribution in [0.5, 0.6) is 0 Å². The molecular formula is C9H17N. The summed E-state index contributed by atoms with van der Waals surface area (Å²) in [5, 5.41) is 0. The number of terminal acetylenes is 1. The minimum Gasteiger partial charge on any atom is -0.327 e. The highest BCUT2D eigenvalue weighted by molar-refractivity contribution is 4.87. The maximum Gasteiger partial charge on any atom is 0.00902 e. The van der Waals surface area contributed by atoms with Gasteiger partial charge in [-0.3, -0.25) is 0 Å². The molecule has 1 aliphatic rings. The van der Waals surface area contributed by atoms with Crippen molar-refractivity contribution in [2.24, 2.45) is 11.1 Å². The molecule has 0 unspecified atom stereocenters. The van der Waals surface area contributed by atoms with E-state index < -0.39 is 0 Å². The normalized spacial score (nSPS) is 28.7. The van der Waals surface area contributed by atoms with Gasteiger partial charge in [-0.05, 0) is 18.3 Å². The topological polar surface area (TPSA) is 26.0 Å². The van der Waals surface area contributed by atoms with Gasteiger partial charge in [-0.25, -0.2) is 0 Å². The van der Waals surface area contributed by atoms with Crippen LogP contribution in [0.15, 0.2) is 0 Å². The second-order valence-corrected chi connectivity index (χ2v) is 3.49. The Kier molecular flexibility index (Phi) is 3.46. The zero-order valence-electron chi connectivity index (χ0n) is 6.93. The van der Waals surface area contributed by atoms with Crippen LogP contribution in [0.4, 0.5) is 0 Å². The zero-order chi connectivity index (χ0) is 8.20. The fourth-order valence-electron chi connectivity index (χ4n) is 1.35. The van der Waals surface area contributed by atoms with Gasteiger partial charge in [-0.2, -0.15) is 0 Å². The fourth-order valence-corrected chi connectivity index (χ4v) is 1.35. The summed E-state index contributed by atoms with van der Waals surface area (Å²) in [4.78, 5) is 0. The van der Waals surface area contributed by atoms with E-state index in [1.807, 2.05) is 0 Å². The van der Waals surface area contributed by atoms with Crippen molar-refractivity contribution in [1.29, 1.82) is 0 Å². The third kappa shape index (κ3) is 2.04. The highest BCUT2D eigenvalue weighted by Crippen LogP contribution is 2.35. The molecule has 0 bridgehead atoms. The van der Waals surface area contributed by atoms with Crippen molar-refractivity contribution in [3.8, 4) is 12.8 Å². The van der Waals surface area contributed by atoms with Gasteiger partial charge in [0.15, 0.2) is 0 Å². The largest absolute Gasteiger partial charge is 0.327 e. The van der Waals surface area contributed by atoms with Crippen molar-refractivity contribution in [3.63, 3.8) is 0 Å². The molecule has 0 aromatic rings. The van der Waals surface area contributed by atoms with E-state index >= 15 is 0 Å². The van der Waals surface area contributed by atoms with Crippen molar-refractivity contribution in [1.82, 2.24) is 0 Å². The average Bonchev–Trinajstić information content (AvgIpc) is 2.17. The van der Waals surface area contributed by atoms with E-state index in [0.717, 1.165) is 0 Å². The van der Waals surface area contributed by atoms with Crippen molar-refractivity contribution < 1.29 is 0 Å². The Hall–Kier alpha value is -0.480. The van der Waals surface area contributed by atoms with E-state index in [1.165, 1.54) is 19.3 Å². The van der Waals surface area contributed by atoms with E-state index in [2.05, 4.69) is 26.7 Å². The van der Waals surface area contributed by atoms with Gasteiger partial charge in [-0.1, -0.05) is 20.3 Å². The first kappa shape index (κ1) is 9.52. The number of nitrogens with two attached hydrogens (primary N) is 1. The number of hydrogen-bond acceptors (Lipinski definition) is 1. The molecule has 1 saturated carbocycles. The maximum atomic E-state index is 5.81. The Morgan fingerprint density at radius 3 is 2.00 bits per heavy atom. The van der Waals surface area contributed by atoms with Gasteiger partial charge >= 0.3 is 0 Å². The second-order valence-electron chi connectivity index (χ2n) is 3.49. The molecule has 1 fully saturated rings. The molecule has 0 aliphatic heterocycles. The summed E-state index contributed by atoms with van der Waals surface area (Å²) in [6, 6.07) is 0.461. The monoisotopic (exact) mass is 139 g/mol. The van der Waals surface area contributed by atoms with E-state index in [0.29, 0.717) is 11.5 Å². The van der Waals surface area contributed by atoms with Crippen LogP contribution in [0.1, 0.15) is 33.1 Å². The Bertz CT molecular complexity index is 113. The Morgan fingerprint density at radius 2 is 1.90 bits per heavy atom. The first-order valence-electron chi connectivity index (χ1n) is 3.72. The lowest BCUT2D eigenvalue weighted by atomic mass is 9.88. The van der Waals surface area contributed by atoms with E-state index in [-0.39, 0.29) is 0 Å². The summed E-state index contributed by atoms with van der Waals surface area (Å²) in [6.07, 6.45) is 11.9. The molecule has 2 N–H and O–H groups in total. The highest BCUT2D eigenvalue weighted by atomic mass is 14.7. The molecule has 0 amide bonds. The number of hydrogen-bond donors (Lipinski definition) is 1. The summed E-state index contributed by atoms with van der Waals surface area (Å²) in [6.45, 7) is 4.51. The average molecular weight is 139 g/mol. The number of rotatable bonds is 0. The van der Waals surface area contributed by atoms with E-state index in [9.17, 15) is 0 Å². The predicted molar refractivity (Wildman–Crippen MR) is 45.5 cm³/mol. The maximum absolute atomic E-state index is 5.81. The molecule has 0 aromatic heterocycles. The quantitative estimate of drug-likeness (QED) is 0.509. The van der Waals surface area contributed by atoms with Crippen LogP contribution in [0.2, 0.25) is 0 Å². The van der Waals surface area contributed by atoms with Gasteiger partial charge < -0.3 is 5.73 Å². The molecule has 10 heavy (non-hydrogen) atoms. The van der Waals surface area contributed by atoms with Gasteiger partial charge in [0.05, 0.1) is 0 Å². The van der Waals surface area contributed by atoms with Crippen LogP contribution in [-0.4, -0.2) is 6.04 Å². The Labute approximate surface area is 64.0 Å². The van der Waals surface area contributed by atoms with Gasteiger partial charge in [-0.15, -0.1) is 12.8 Å². The Balaban J connectivity index is 0.000000371. The van der Waals surface area contributed by atoms with E-state index in [4.69, 9.17) is 5.73 Å². The van der Waals surface area contributed by atoms with E-state index in [1.54, 1.807) is 0 Å². The third-order valence-corrected chi connectivity index (χ3v) is 2.34. The van der Waals surface area contributed by atoms with Crippen LogP contribution in [-0.2, 0) is 0 Å². The Morgan fingerprint density at radius 1 is 1.40 bits per heavy atom. The molecule has 0 spiro atoms. The smallest absolute Gasteiger partial charge is 0.00902 e. The van der Waals surface area contributed by atoms with Gasteiger partial charge in [0.25, 0.3) is 0 Å². The van der Waals surface area contributed by atoms with Crippen LogP contribution in [0, 0.1) is 18.3 Å². The SMILES string of the molecule is C#C.CC1(C)CCC[C@H]1N. The lowest BCUT2D eigenvalue weighted by Gasteiger charge is -2.22. The van der Waals surface area contributed by atoms with Gasteiger partial charge in [0.2, 0.25) is 0 Å². The molecule has 0 saturated heterocycles. The first-order valence-corrected chi connectivity index (χ1v) is 3.72. The lowest BCUT2D eigenvalue weighted by molar-refractivity contribution is 0.332. The van der Waals surface area contributed by atoms with Crippen LogP contribution < -0.4 is 5.73 Å².